The number of fused-ring (bicyclic) bond motifs is 3. The third kappa shape index (κ3) is 2.91. The topological polar surface area (TPSA) is 57.5 Å². The number of benzene rings is 1. The quantitative estimate of drug-likeness (QED) is 0.873. The van der Waals surface area contributed by atoms with Crippen molar-refractivity contribution >= 4 is 5.97 Å². The van der Waals surface area contributed by atoms with Crippen LogP contribution in [0.1, 0.15) is 80.3 Å². The van der Waals surface area contributed by atoms with Crippen molar-refractivity contribution in [3.05, 3.63) is 34.9 Å². The number of hydrogen-bond acceptors (Lipinski definition) is 2. The lowest BCUT2D eigenvalue weighted by molar-refractivity contribution is -0.0497. The number of hydrogen-bond donors (Lipinski definition) is 2. The summed E-state index contributed by atoms with van der Waals surface area (Å²) in [5, 5.41) is 20.2. The molecule has 1 saturated carbocycles. The second-order valence-corrected chi connectivity index (χ2v) is 7.86. The molecule has 2 aliphatic carbocycles. The molecule has 1 aromatic carbocycles. The summed E-state index contributed by atoms with van der Waals surface area (Å²) in [6.45, 7) is 4.47. The molecule has 23 heavy (non-hydrogen) atoms. The summed E-state index contributed by atoms with van der Waals surface area (Å²) < 4.78 is 0. The minimum atomic E-state index is -0.847. The maximum atomic E-state index is 11.3. The molecule has 0 spiro atoms. The fraction of sp³-hybridized carbons (Fsp3) is 0.650. The molecule has 1 fully saturated rings. The summed E-state index contributed by atoms with van der Waals surface area (Å²) in [4.78, 5) is 11.3. The number of aryl methyl sites for hydroxylation is 1. The minimum Gasteiger partial charge on any atom is -0.478 e. The van der Waals surface area contributed by atoms with E-state index in [0.29, 0.717) is 11.5 Å². The third-order valence-corrected chi connectivity index (χ3v) is 6.32. The lowest BCUT2D eigenvalue weighted by atomic mass is 9.58. The summed E-state index contributed by atoms with van der Waals surface area (Å²) in [6, 6.07) is 5.67. The van der Waals surface area contributed by atoms with Crippen molar-refractivity contribution in [3.8, 4) is 0 Å². The van der Waals surface area contributed by atoms with Crippen LogP contribution in [0, 0.1) is 5.92 Å². The fourth-order valence-electron chi connectivity index (χ4n) is 4.98. The van der Waals surface area contributed by atoms with Crippen molar-refractivity contribution in [3.63, 3.8) is 0 Å². The predicted molar refractivity (Wildman–Crippen MR) is 90.9 cm³/mol. The van der Waals surface area contributed by atoms with E-state index in [0.717, 1.165) is 51.4 Å². The smallest absolute Gasteiger partial charge is 0.335 e. The molecule has 2 N–H and O–H groups in total. The van der Waals surface area contributed by atoms with Gasteiger partial charge >= 0.3 is 5.97 Å². The maximum Gasteiger partial charge on any atom is 0.335 e. The van der Waals surface area contributed by atoms with Gasteiger partial charge in [0, 0.05) is 0 Å². The zero-order valence-electron chi connectivity index (χ0n) is 14.3. The molecule has 0 radical (unpaired) electrons. The van der Waals surface area contributed by atoms with Crippen molar-refractivity contribution in [2.24, 2.45) is 5.92 Å². The van der Waals surface area contributed by atoms with Crippen molar-refractivity contribution in [2.45, 2.75) is 76.2 Å². The maximum absolute atomic E-state index is 11.3. The third-order valence-electron chi connectivity index (χ3n) is 6.32. The molecular weight excluding hydrogens is 288 g/mol. The van der Waals surface area contributed by atoms with E-state index in [9.17, 15) is 15.0 Å². The molecule has 3 atom stereocenters. The van der Waals surface area contributed by atoms with Crippen molar-refractivity contribution in [1.82, 2.24) is 0 Å². The van der Waals surface area contributed by atoms with Crippen LogP contribution in [0.5, 0.6) is 0 Å². The van der Waals surface area contributed by atoms with Crippen LogP contribution >= 0.6 is 0 Å². The number of aliphatic hydroxyl groups is 1. The van der Waals surface area contributed by atoms with Gasteiger partial charge in [0.1, 0.15) is 0 Å². The Bertz CT molecular complexity index is 609. The van der Waals surface area contributed by atoms with Gasteiger partial charge in [0.2, 0.25) is 0 Å². The Morgan fingerprint density at radius 3 is 2.83 bits per heavy atom. The van der Waals surface area contributed by atoms with Crippen LogP contribution in [0.3, 0.4) is 0 Å². The lowest BCUT2D eigenvalue weighted by Gasteiger charge is -2.48. The number of carboxylic acids is 1. The average molecular weight is 316 g/mol. The second kappa shape index (κ2) is 5.94. The van der Waals surface area contributed by atoms with Gasteiger partial charge in [-0.25, -0.2) is 4.79 Å². The Kier molecular flexibility index (Phi) is 4.26. The van der Waals surface area contributed by atoms with Gasteiger partial charge in [0.05, 0.1) is 11.2 Å². The molecule has 0 heterocycles. The highest BCUT2D eigenvalue weighted by molar-refractivity contribution is 5.88. The van der Waals surface area contributed by atoms with E-state index in [2.05, 4.69) is 13.8 Å². The van der Waals surface area contributed by atoms with Gasteiger partial charge in [0.25, 0.3) is 0 Å². The molecular formula is C20H28O3. The van der Waals surface area contributed by atoms with Gasteiger partial charge in [-0.05, 0) is 79.5 Å². The zero-order chi connectivity index (χ0) is 16.7. The van der Waals surface area contributed by atoms with Crippen molar-refractivity contribution in [2.75, 3.05) is 0 Å². The number of aromatic carboxylic acids is 1. The monoisotopic (exact) mass is 316 g/mol. The van der Waals surface area contributed by atoms with Crippen LogP contribution in [-0.2, 0) is 11.8 Å². The first kappa shape index (κ1) is 16.5. The van der Waals surface area contributed by atoms with E-state index in [-0.39, 0.29) is 5.41 Å². The van der Waals surface area contributed by atoms with Crippen LogP contribution in [0.2, 0.25) is 0 Å². The van der Waals surface area contributed by atoms with Gasteiger partial charge in [-0.1, -0.05) is 26.3 Å². The lowest BCUT2D eigenvalue weighted by Crippen LogP contribution is -2.46. The summed E-state index contributed by atoms with van der Waals surface area (Å²) in [6.07, 6.45) is 7.81. The van der Waals surface area contributed by atoms with Crippen LogP contribution in [0.4, 0.5) is 0 Å². The Labute approximate surface area is 138 Å². The van der Waals surface area contributed by atoms with Gasteiger partial charge in [-0.15, -0.1) is 0 Å². The average Bonchev–Trinajstić information content (AvgIpc) is 2.64. The molecule has 0 aromatic heterocycles. The molecule has 126 valence electrons. The Morgan fingerprint density at radius 1 is 1.35 bits per heavy atom. The molecule has 0 bridgehead atoms. The van der Waals surface area contributed by atoms with E-state index in [1.807, 2.05) is 12.1 Å². The van der Waals surface area contributed by atoms with Crippen molar-refractivity contribution in [1.29, 1.82) is 0 Å². The predicted octanol–water partition coefficient (Wildman–Crippen LogP) is 4.31. The molecule has 1 aromatic rings. The van der Waals surface area contributed by atoms with E-state index < -0.39 is 11.6 Å². The Hall–Kier alpha value is -1.35. The van der Waals surface area contributed by atoms with Crippen molar-refractivity contribution < 1.29 is 15.0 Å². The van der Waals surface area contributed by atoms with Gasteiger partial charge < -0.3 is 10.2 Å². The molecule has 0 saturated heterocycles. The molecule has 3 rings (SSSR count). The highest BCUT2D eigenvalue weighted by atomic mass is 16.4. The molecule has 0 amide bonds. The number of rotatable bonds is 3. The largest absolute Gasteiger partial charge is 0.478 e. The normalized spacial score (nSPS) is 33.4. The molecule has 1 unspecified atom stereocenters. The van der Waals surface area contributed by atoms with E-state index in [4.69, 9.17) is 0 Å². The molecule has 2 aliphatic rings. The van der Waals surface area contributed by atoms with Crippen LogP contribution in [0.15, 0.2) is 18.2 Å². The SMILES string of the molecule is CCC[C@@]1(O)CCC2(C)c3ccc(C(=O)O)cc3CCC[C@H]2C1. The van der Waals surface area contributed by atoms with E-state index in [1.165, 1.54) is 11.1 Å². The second-order valence-electron chi connectivity index (χ2n) is 7.86. The number of carboxylic acid groups (broad SMARTS) is 1. The first-order valence-corrected chi connectivity index (χ1v) is 8.97. The molecule has 0 aliphatic heterocycles. The molecule has 3 nitrogen and oxygen atoms in total. The first-order chi connectivity index (χ1) is 10.9. The molecule has 3 heteroatoms. The van der Waals surface area contributed by atoms with E-state index in [1.54, 1.807) is 6.07 Å². The van der Waals surface area contributed by atoms with E-state index >= 15 is 0 Å². The highest BCUT2D eigenvalue weighted by Gasteiger charge is 2.47. The first-order valence-electron chi connectivity index (χ1n) is 8.97. The summed E-state index contributed by atoms with van der Waals surface area (Å²) >= 11 is 0. The standard InChI is InChI=1S/C20H28O3/c1-3-9-20(23)11-10-19(2)16(13-20)6-4-5-14-12-15(18(21)22)7-8-17(14)19/h7-8,12,16,23H,3-6,9-11,13H2,1-2H3,(H,21,22)/t16-,19?,20+/m0/s1. The summed E-state index contributed by atoms with van der Waals surface area (Å²) in [7, 11) is 0. The zero-order valence-corrected chi connectivity index (χ0v) is 14.3. The minimum absolute atomic E-state index is 0.0723. The van der Waals surface area contributed by atoms with Crippen LogP contribution in [0.25, 0.3) is 0 Å². The van der Waals surface area contributed by atoms with Gasteiger partial charge in [-0.2, -0.15) is 0 Å². The van der Waals surface area contributed by atoms with Crippen LogP contribution in [-0.4, -0.2) is 21.8 Å². The fourth-order valence-corrected chi connectivity index (χ4v) is 4.98. The summed E-state index contributed by atoms with van der Waals surface area (Å²) in [5.74, 6) is -0.357. The Balaban J connectivity index is 1.97. The van der Waals surface area contributed by atoms with Gasteiger partial charge in [0.15, 0.2) is 0 Å². The highest BCUT2D eigenvalue weighted by Crippen LogP contribution is 2.52. The summed E-state index contributed by atoms with van der Waals surface area (Å²) in [5.41, 5.74) is 2.50. The van der Waals surface area contributed by atoms with Crippen LogP contribution < -0.4 is 0 Å². The van der Waals surface area contributed by atoms with Gasteiger partial charge in [-0.3, -0.25) is 0 Å². The number of carbonyl (C=O) groups is 1. The Morgan fingerprint density at radius 2 is 2.13 bits per heavy atom.